The summed E-state index contributed by atoms with van der Waals surface area (Å²) in [6.45, 7) is 5.63. The van der Waals surface area contributed by atoms with Gasteiger partial charge in [-0.15, -0.1) is 5.10 Å². The van der Waals surface area contributed by atoms with Gasteiger partial charge in [0.05, 0.1) is 12.8 Å². The lowest BCUT2D eigenvalue weighted by Crippen LogP contribution is -2.28. The van der Waals surface area contributed by atoms with Crippen molar-refractivity contribution in [1.82, 2.24) is 10.2 Å². The second-order valence-electron chi connectivity index (χ2n) is 5.00. The van der Waals surface area contributed by atoms with Gasteiger partial charge < -0.3 is 9.64 Å². The number of ether oxygens (including phenoxy) is 1. The molecule has 5 heteroatoms. The first kappa shape index (κ1) is 13.8. The molecule has 0 aliphatic carbocycles. The van der Waals surface area contributed by atoms with E-state index in [0.717, 1.165) is 37.2 Å². The molecule has 0 bridgehead atoms. The number of anilines is 1. The number of esters is 1. The van der Waals surface area contributed by atoms with Crippen LogP contribution < -0.4 is 4.90 Å². The van der Waals surface area contributed by atoms with Gasteiger partial charge in [-0.25, -0.2) is 4.79 Å². The van der Waals surface area contributed by atoms with E-state index < -0.39 is 0 Å². The average molecular weight is 263 g/mol. The van der Waals surface area contributed by atoms with Gasteiger partial charge >= 0.3 is 5.97 Å². The zero-order valence-electron chi connectivity index (χ0n) is 11.9. The molecule has 0 aromatic carbocycles. The highest BCUT2D eigenvalue weighted by atomic mass is 16.5. The summed E-state index contributed by atoms with van der Waals surface area (Å²) in [6, 6.07) is 0. The number of aryl methyl sites for hydroxylation is 1. The molecule has 2 rings (SSSR count). The van der Waals surface area contributed by atoms with Crippen molar-refractivity contribution in [2.45, 2.75) is 39.5 Å². The van der Waals surface area contributed by atoms with E-state index in [2.05, 4.69) is 15.1 Å². The van der Waals surface area contributed by atoms with Crippen molar-refractivity contribution in [2.75, 3.05) is 25.1 Å². The number of carbonyl (C=O) groups excluding carboxylic acids is 1. The molecule has 19 heavy (non-hydrogen) atoms. The fourth-order valence-electron chi connectivity index (χ4n) is 2.45. The highest BCUT2D eigenvalue weighted by Crippen LogP contribution is 2.25. The van der Waals surface area contributed by atoms with E-state index in [-0.39, 0.29) is 5.97 Å². The highest BCUT2D eigenvalue weighted by Gasteiger charge is 2.23. The lowest BCUT2D eigenvalue weighted by Gasteiger charge is -2.23. The molecular weight excluding hydrogens is 242 g/mol. The molecule has 1 saturated heterocycles. The van der Waals surface area contributed by atoms with Gasteiger partial charge in [0.25, 0.3) is 0 Å². The zero-order valence-corrected chi connectivity index (χ0v) is 11.9. The van der Waals surface area contributed by atoms with Gasteiger partial charge in [-0.3, -0.25) is 0 Å². The first-order valence-corrected chi connectivity index (χ1v) is 6.82. The Morgan fingerprint density at radius 3 is 2.32 bits per heavy atom. The monoisotopic (exact) mass is 263 g/mol. The standard InChI is InChI=1S/C14H21N3O2/c1-10-11(2)15-16-13(12(10)14(18)19-3)17-8-6-4-5-7-9-17/h4-9H2,1-3H3. The third-order valence-corrected chi connectivity index (χ3v) is 3.73. The molecule has 1 aliphatic heterocycles. The normalized spacial score (nSPS) is 16.1. The predicted octanol–water partition coefficient (Wildman–Crippen LogP) is 2.26. The maximum absolute atomic E-state index is 12.0. The van der Waals surface area contributed by atoms with Gasteiger partial charge in [-0.1, -0.05) is 12.8 Å². The van der Waals surface area contributed by atoms with Gasteiger partial charge in [-0.2, -0.15) is 5.10 Å². The summed E-state index contributed by atoms with van der Waals surface area (Å²) in [5, 5.41) is 8.41. The van der Waals surface area contributed by atoms with Crippen LogP contribution >= 0.6 is 0 Å². The van der Waals surface area contributed by atoms with Crippen LogP contribution in [0.5, 0.6) is 0 Å². The molecule has 0 saturated carbocycles. The van der Waals surface area contributed by atoms with Crippen LogP contribution in [0.25, 0.3) is 0 Å². The molecule has 0 spiro atoms. The summed E-state index contributed by atoms with van der Waals surface area (Å²) < 4.78 is 4.90. The number of aromatic nitrogens is 2. The second kappa shape index (κ2) is 5.99. The first-order valence-electron chi connectivity index (χ1n) is 6.82. The Labute approximate surface area is 114 Å². The maximum atomic E-state index is 12.0. The molecule has 1 fully saturated rings. The number of hydrogen-bond donors (Lipinski definition) is 0. The Balaban J connectivity index is 2.43. The lowest BCUT2D eigenvalue weighted by atomic mass is 10.1. The molecule has 0 N–H and O–H groups in total. The number of nitrogens with zero attached hydrogens (tertiary/aromatic N) is 3. The summed E-state index contributed by atoms with van der Waals surface area (Å²) in [6.07, 6.45) is 4.75. The van der Waals surface area contributed by atoms with Crippen LogP contribution in [-0.2, 0) is 4.74 Å². The minimum absolute atomic E-state index is 0.324. The summed E-state index contributed by atoms with van der Waals surface area (Å²) in [5.41, 5.74) is 2.21. The first-order chi connectivity index (χ1) is 9.15. The van der Waals surface area contributed by atoms with Crippen molar-refractivity contribution in [3.63, 3.8) is 0 Å². The Hall–Kier alpha value is -1.65. The van der Waals surface area contributed by atoms with Crippen LogP contribution in [-0.4, -0.2) is 36.4 Å². The van der Waals surface area contributed by atoms with E-state index in [1.54, 1.807) is 0 Å². The van der Waals surface area contributed by atoms with Gasteiger partial charge in [-0.05, 0) is 32.3 Å². The highest BCUT2D eigenvalue weighted by molar-refractivity contribution is 5.96. The minimum atomic E-state index is -0.324. The fourth-order valence-corrected chi connectivity index (χ4v) is 2.45. The summed E-state index contributed by atoms with van der Waals surface area (Å²) in [4.78, 5) is 14.2. The molecule has 0 atom stereocenters. The smallest absolute Gasteiger partial charge is 0.342 e. The van der Waals surface area contributed by atoms with E-state index in [0.29, 0.717) is 11.4 Å². The molecule has 104 valence electrons. The molecule has 1 aromatic rings. The molecule has 5 nitrogen and oxygen atoms in total. The summed E-state index contributed by atoms with van der Waals surface area (Å²) >= 11 is 0. The Kier molecular flexibility index (Phi) is 4.35. The number of methoxy groups -OCH3 is 1. The number of rotatable bonds is 2. The van der Waals surface area contributed by atoms with E-state index in [4.69, 9.17) is 4.74 Å². The summed E-state index contributed by atoms with van der Waals surface area (Å²) in [7, 11) is 1.41. The third-order valence-electron chi connectivity index (χ3n) is 3.73. The molecule has 2 heterocycles. The van der Waals surface area contributed by atoms with Crippen LogP contribution in [0.4, 0.5) is 5.82 Å². The van der Waals surface area contributed by atoms with Gasteiger partial charge in [0.2, 0.25) is 0 Å². The van der Waals surface area contributed by atoms with Gasteiger partial charge in [0.15, 0.2) is 5.82 Å². The quantitative estimate of drug-likeness (QED) is 0.766. The molecule has 1 aliphatic rings. The zero-order chi connectivity index (χ0) is 13.8. The second-order valence-corrected chi connectivity index (χ2v) is 5.00. The fraction of sp³-hybridized carbons (Fsp3) is 0.643. The molecule has 0 unspecified atom stereocenters. The van der Waals surface area contributed by atoms with Crippen molar-refractivity contribution < 1.29 is 9.53 Å². The Morgan fingerprint density at radius 1 is 1.11 bits per heavy atom. The largest absolute Gasteiger partial charge is 0.465 e. The van der Waals surface area contributed by atoms with E-state index in [1.807, 2.05) is 13.8 Å². The predicted molar refractivity (Wildman–Crippen MR) is 73.5 cm³/mol. The number of carbonyl (C=O) groups is 1. The van der Waals surface area contributed by atoms with Crippen molar-refractivity contribution in [3.05, 3.63) is 16.8 Å². The Morgan fingerprint density at radius 2 is 1.74 bits per heavy atom. The van der Waals surface area contributed by atoms with Gasteiger partial charge in [0, 0.05) is 13.1 Å². The van der Waals surface area contributed by atoms with Crippen LogP contribution in [0.1, 0.15) is 47.3 Å². The average Bonchev–Trinajstić information content (AvgIpc) is 2.69. The van der Waals surface area contributed by atoms with Crippen molar-refractivity contribution in [1.29, 1.82) is 0 Å². The Bertz CT molecular complexity index is 466. The van der Waals surface area contributed by atoms with Crippen molar-refractivity contribution >= 4 is 11.8 Å². The van der Waals surface area contributed by atoms with Crippen LogP contribution in [0.2, 0.25) is 0 Å². The van der Waals surface area contributed by atoms with Crippen molar-refractivity contribution in [2.24, 2.45) is 0 Å². The van der Waals surface area contributed by atoms with E-state index in [1.165, 1.54) is 20.0 Å². The van der Waals surface area contributed by atoms with E-state index >= 15 is 0 Å². The minimum Gasteiger partial charge on any atom is -0.465 e. The van der Waals surface area contributed by atoms with Crippen LogP contribution in [0.3, 0.4) is 0 Å². The lowest BCUT2D eigenvalue weighted by molar-refractivity contribution is 0.0599. The van der Waals surface area contributed by atoms with Gasteiger partial charge in [0.1, 0.15) is 5.56 Å². The topological polar surface area (TPSA) is 55.3 Å². The molecule has 0 radical (unpaired) electrons. The third kappa shape index (κ3) is 2.85. The SMILES string of the molecule is COC(=O)c1c(N2CCCCCC2)nnc(C)c1C. The molecule has 1 aromatic heterocycles. The van der Waals surface area contributed by atoms with Crippen molar-refractivity contribution in [3.8, 4) is 0 Å². The molecule has 0 amide bonds. The van der Waals surface area contributed by atoms with Crippen LogP contribution in [0.15, 0.2) is 0 Å². The number of hydrogen-bond acceptors (Lipinski definition) is 5. The summed E-state index contributed by atoms with van der Waals surface area (Å²) in [5.74, 6) is 0.353. The van der Waals surface area contributed by atoms with Crippen LogP contribution in [0, 0.1) is 13.8 Å². The molecular formula is C14H21N3O2. The maximum Gasteiger partial charge on any atom is 0.342 e. The van der Waals surface area contributed by atoms with E-state index in [9.17, 15) is 4.79 Å².